The van der Waals surface area contributed by atoms with Gasteiger partial charge in [-0.2, -0.15) is 0 Å². The molecule has 0 atom stereocenters. The maximum absolute atomic E-state index is 4.92. The Bertz CT molecular complexity index is 273. The fourth-order valence-corrected chi connectivity index (χ4v) is 1.38. The molecule has 0 unspecified atom stereocenters. The lowest BCUT2D eigenvalue weighted by Crippen LogP contribution is -2.04. The molecule has 0 fully saturated rings. The molecule has 0 aromatic heterocycles. The molecule has 1 aromatic carbocycles. The molecule has 0 heterocycles. The first kappa shape index (κ1) is 8.93. The van der Waals surface area contributed by atoms with Gasteiger partial charge in [-0.05, 0) is 41.6 Å². The van der Waals surface area contributed by atoms with Crippen LogP contribution in [0.1, 0.15) is 6.92 Å². The molecule has 1 rings (SSSR count). The van der Waals surface area contributed by atoms with Gasteiger partial charge in [-0.1, -0.05) is 24.4 Å². The van der Waals surface area contributed by atoms with Gasteiger partial charge in [-0.3, -0.25) is 0 Å². The standard InChI is InChI=1S/C8H8INS/c1-6(11)10-8-5-3-2-4-7(8)9/h2-5H,1H3,(H,10,11). The lowest BCUT2D eigenvalue weighted by atomic mass is 10.3. The van der Waals surface area contributed by atoms with Crippen LogP contribution < -0.4 is 5.32 Å². The second-order valence-electron chi connectivity index (χ2n) is 2.16. The van der Waals surface area contributed by atoms with Gasteiger partial charge in [0.05, 0.1) is 10.7 Å². The van der Waals surface area contributed by atoms with Gasteiger partial charge in [0.25, 0.3) is 0 Å². The molecular formula is C8H8INS. The second kappa shape index (κ2) is 4.01. The number of halogens is 1. The van der Waals surface area contributed by atoms with E-state index in [-0.39, 0.29) is 0 Å². The summed E-state index contributed by atoms with van der Waals surface area (Å²) >= 11 is 7.19. The molecule has 11 heavy (non-hydrogen) atoms. The normalized spacial score (nSPS) is 9.27. The minimum atomic E-state index is 0.800. The van der Waals surface area contributed by atoms with Crippen molar-refractivity contribution in [1.82, 2.24) is 0 Å². The van der Waals surface area contributed by atoms with Crippen molar-refractivity contribution in [1.29, 1.82) is 0 Å². The summed E-state index contributed by atoms with van der Waals surface area (Å²) in [4.78, 5) is 0.800. The molecule has 0 saturated carbocycles. The van der Waals surface area contributed by atoms with Crippen molar-refractivity contribution in [3.05, 3.63) is 27.8 Å². The maximum atomic E-state index is 4.92. The van der Waals surface area contributed by atoms with Crippen LogP contribution in [0.2, 0.25) is 0 Å². The fraction of sp³-hybridized carbons (Fsp3) is 0.125. The largest absolute Gasteiger partial charge is 0.349 e. The zero-order valence-corrected chi connectivity index (χ0v) is 9.07. The van der Waals surface area contributed by atoms with E-state index >= 15 is 0 Å². The topological polar surface area (TPSA) is 12.0 Å². The summed E-state index contributed by atoms with van der Waals surface area (Å²) in [6.07, 6.45) is 0. The number of nitrogens with one attached hydrogen (secondary N) is 1. The minimum Gasteiger partial charge on any atom is -0.349 e. The van der Waals surface area contributed by atoms with Crippen LogP contribution >= 0.6 is 34.8 Å². The Morgan fingerprint density at radius 3 is 2.64 bits per heavy atom. The summed E-state index contributed by atoms with van der Waals surface area (Å²) in [6.45, 7) is 1.87. The van der Waals surface area contributed by atoms with E-state index in [2.05, 4.69) is 27.9 Å². The predicted octanol–water partition coefficient (Wildman–Crippen LogP) is 3.05. The van der Waals surface area contributed by atoms with E-state index in [4.69, 9.17) is 12.2 Å². The van der Waals surface area contributed by atoms with Crippen molar-refractivity contribution in [2.24, 2.45) is 0 Å². The molecule has 0 saturated heterocycles. The first-order valence-electron chi connectivity index (χ1n) is 3.22. The summed E-state index contributed by atoms with van der Waals surface area (Å²) in [7, 11) is 0. The van der Waals surface area contributed by atoms with Gasteiger partial charge in [0.1, 0.15) is 0 Å². The van der Waals surface area contributed by atoms with Gasteiger partial charge in [0.2, 0.25) is 0 Å². The molecule has 0 amide bonds. The van der Waals surface area contributed by atoms with Gasteiger partial charge in [0.15, 0.2) is 0 Å². The van der Waals surface area contributed by atoms with Gasteiger partial charge < -0.3 is 5.32 Å². The number of para-hydroxylation sites is 1. The van der Waals surface area contributed by atoms with Crippen LogP contribution in [0.3, 0.4) is 0 Å². The molecule has 1 N–H and O–H groups in total. The predicted molar refractivity (Wildman–Crippen MR) is 61.1 cm³/mol. The summed E-state index contributed by atoms with van der Waals surface area (Å²) in [5.74, 6) is 0. The molecule has 1 aromatic rings. The number of benzene rings is 1. The van der Waals surface area contributed by atoms with Crippen LogP contribution in [0.4, 0.5) is 5.69 Å². The third-order valence-electron chi connectivity index (χ3n) is 1.18. The zero-order valence-electron chi connectivity index (χ0n) is 6.10. The molecule has 58 valence electrons. The van der Waals surface area contributed by atoms with E-state index in [1.165, 1.54) is 3.57 Å². The molecule has 0 aliphatic carbocycles. The van der Waals surface area contributed by atoms with Crippen LogP contribution in [0, 0.1) is 3.57 Å². The van der Waals surface area contributed by atoms with Gasteiger partial charge in [0, 0.05) is 3.57 Å². The Morgan fingerprint density at radius 1 is 1.45 bits per heavy atom. The average molecular weight is 277 g/mol. The molecule has 0 aliphatic heterocycles. The molecule has 0 radical (unpaired) electrons. The molecule has 1 nitrogen and oxygen atoms in total. The highest BCUT2D eigenvalue weighted by Gasteiger charge is 1.95. The monoisotopic (exact) mass is 277 g/mol. The average Bonchev–Trinajstić information content (AvgIpc) is 1.93. The Hall–Kier alpha value is -0.160. The van der Waals surface area contributed by atoms with Crippen LogP contribution in [0.15, 0.2) is 24.3 Å². The van der Waals surface area contributed by atoms with E-state index in [1.807, 2.05) is 31.2 Å². The summed E-state index contributed by atoms with van der Waals surface area (Å²) < 4.78 is 1.19. The highest BCUT2D eigenvalue weighted by molar-refractivity contribution is 14.1. The van der Waals surface area contributed by atoms with Gasteiger partial charge in [-0.15, -0.1) is 0 Å². The smallest absolute Gasteiger partial charge is 0.0766 e. The van der Waals surface area contributed by atoms with Crippen LogP contribution in [0.25, 0.3) is 0 Å². The van der Waals surface area contributed by atoms with E-state index in [1.54, 1.807) is 0 Å². The van der Waals surface area contributed by atoms with Crippen molar-refractivity contribution in [3.63, 3.8) is 0 Å². The van der Waals surface area contributed by atoms with E-state index < -0.39 is 0 Å². The quantitative estimate of drug-likeness (QED) is 0.625. The summed E-state index contributed by atoms with van der Waals surface area (Å²) in [5.41, 5.74) is 1.08. The van der Waals surface area contributed by atoms with Gasteiger partial charge >= 0.3 is 0 Å². The number of hydrogen-bond donors (Lipinski definition) is 1. The minimum absolute atomic E-state index is 0.800. The van der Waals surface area contributed by atoms with Crippen LogP contribution in [-0.4, -0.2) is 4.99 Å². The maximum Gasteiger partial charge on any atom is 0.0766 e. The lowest BCUT2D eigenvalue weighted by molar-refractivity contribution is 1.59. The van der Waals surface area contributed by atoms with E-state index in [0.717, 1.165) is 10.7 Å². The fourth-order valence-electron chi connectivity index (χ4n) is 0.752. The molecule has 0 aliphatic rings. The molecular weight excluding hydrogens is 269 g/mol. The zero-order chi connectivity index (χ0) is 8.27. The Morgan fingerprint density at radius 2 is 2.09 bits per heavy atom. The lowest BCUT2D eigenvalue weighted by Gasteiger charge is -2.04. The number of thiocarbonyl (C=S) groups is 1. The summed E-state index contributed by atoms with van der Waals surface area (Å²) in [5, 5.41) is 3.10. The van der Waals surface area contributed by atoms with Crippen molar-refractivity contribution < 1.29 is 0 Å². The van der Waals surface area contributed by atoms with Crippen molar-refractivity contribution in [2.75, 3.05) is 5.32 Å². The first-order chi connectivity index (χ1) is 5.20. The second-order valence-corrected chi connectivity index (χ2v) is 3.94. The third-order valence-corrected chi connectivity index (χ3v) is 2.23. The number of hydrogen-bond acceptors (Lipinski definition) is 1. The van der Waals surface area contributed by atoms with E-state index in [9.17, 15) is 0 Å². The Labute approximate surface area is 85.3 Å². The van der Waals surface area contributed by atoms with Crippen LogP contribution in [-0.2, 0) is 0 Å². The van der Waals surface area contributed by atoms with Crippen molar-refractivity contribution in [2.45, 2.75) is 6.92 Å². The van der Waals surface area contributed by atoms with E-state index in [0.29, 0.717) is 0 Å². The first-order valence-corrected chi connectivity index (χ1v) is 4.71. The van der Waals surface area contributed by atoms with Crippen molar-refractivity contribution >= 4 is 45.5 Å². The number of rotatable bonds is 1. The van der Waals surface area contributed by atoms with Crippen molar-refractivity contribution in [3.8, 4) is 0 Å². The SMILES string of the molecule is CC(=S)Nc1ccccc1I. The van der Waals surface area contributed by atoms with Crippen LogP contribution in [0.5, 0.6) is 0 Å². The highest BCUT2D eigenvalue weighted by Crippen LogP contribution is 2.16. The van der Waals surface area contributed by atoms with Gasteiger partial charge in [-0.25, -0.2) is 0 Å². The number of anilines is 1. The Balaban J connectivity index is 2.86. The summed E-state index contributed by atoms with van der Waals surface area (Å²) in [6, 6.07) is 8.05. The molecule has 0 bridgehead atoms. The Kier molecular flexibility index (Phi) is 3.26. The molecule has 3 heteroatoms. The third kappa shape index (κ3) is 2.75. The molecule has 0 spiro atoms. The highest BCUT2D eigenvalue weighted by atomic mass is 127.